The molecular weight excluding hydrogens is 330 g/mol. The van der Waals surface area contributed by atoms with Crippen LogP contribution < -0.4 is 10.7 Å². The third kappa shape index (κ3) is 3.58. The molecule has 7 nitrogen and oxygen atoms in total. The largest absolute Gasteiger partial charge is 0.378 e. The highest BCUT2D eigenvalue weighted by atomic mass is 16.5. The standard InChI is InChI=1S/C19H25N5O2/c25-18-16(23-22-15-7-3-1-4-8-15)17(24-11-13-26-14-12-24)20-19(21-18)9-5-2-6-10-19/h1,3-4,7-8,22H,2,5-6,9-14H2,(H,21,25)/b23-16+. The van der Waals surface area contributed by atoms with Crippen molar-refractivity contribution in [1.29, 1.82) is 0 Å². The molecule has 1 aromatic rings. The Balaban J connectivity index is 1.66. The van der Waals surface area contributed by atoms with Crippen LogP contribution in [0.2, 0.25) is 0 Å². The minimum absolute atomic E-state index is 0.146. The van der Waals surface area contributed by atoms with Gasteiger partial charge in [-0.25, -0.2) is 4.99 Å². The molecular formula is C19H25N5O2. The number of amides is 1. The van der Waals surface area contributed by atoms with Gasteiger partial charge in [0.05, 0.1) is 18.9 Å². The van der Waals surface area contributed by atoms with Crippen LogP contribution in [0.15, 0.2) is 40.4 Å². The normalized spacial score (nSPS) is 24.3. The zero-order valence-corrected chi connectivity index (χ0v) is 14.9. The van der Waals surface area contributed by atoms with Crippen molar-refractivity contribution in [2.75, 3.05) is 31.7 Å². The number of carbonyl (C=O) groups excluding carboxylic acids is 1. The summed E-state index contributed by atoms with van der Waals surface area (Å²) in [5.74, 6) is 0.550. The highest BCUT2D eigenvalue weighted by Crippen LogP contribution is 2.31. The second-order valence-corrected chi connectivity index (χ2v) is 7.02. The molecule has 1 amide bonds. The van der Waals surface area contributed by atoms with E-state index < -0.39 is 5.66 Å². The fraction of sp³-hybridized carbons (Fsp3) is 0.526. The number of nitrogens with one attached hydrogen (secondary N) is 2. The molecule has 1 aliphatic carbocycles. The SMILES string of the molecule is O=C1NC2(CCCCC2)N=C(N2CCOCC2)/C1=N\Nc1ccccc1. The first-order valence-corrected chi connectivity index (χ1v) is 9.40. The van der Waals surface area contributed by atoms with Gasteiger partial charge in [0.15, 0.2) is 11.5 Å². The molecule has 7 heteroatoms. The Morgan fingerprint density at radius 3 is 2.58 bits per heavy atom. The number of carbonyl (C=O) groups is 1. The van der Waals surface area contributed by atoms with Crippen LogP contribution in [0.1, 0.15) is 32.1 Å². The molecule has 2 heterocycles. The Bertz CT molecular complexity index is 704. The lowest BCUT2D eigenvalue weighted by atomic mass is 9.88. The number of rotatable bonds is 2. The van der Waals surface area contributed by atoms with E-state index in [4.69, 9.17) is 9.73 Å². The van der Waals surface area contributed by atoms with Crippen molar-refractivity contribution in [2.24, 2.45) is 10.1 Å². The van der Waals surface area contributed by atoms with Gasteiger partial charge in [-0.3, -0.25) is 10.2 Å². The van der Waals surface area contributed by atoms with Gasteiger partial charge in [-0.2, -0.15) is 5.10 Å². The van der Waals surface area contributed by atoms with E-state index in [0.29, 0.717) is 24.8 Å². The molecule has 0 bridgehead atoms. The smallest absolute Gasteiger partial charge is 0.277 e. The topological polar surface area (TPSA) is 78.3 Å². The lowest BCUT2D eigenvalue weighted by Crippen LogP contribution is -2.60. The summed E-state index contributed by atoms with van der Waals surface area (Å²) >= 11 is 0. The van der Waals surface area contributed by atoms with Gasteiger partial charge in [-0.05, 0) is 37.8 Å². The van der Waals surface area contributed by atoms with Crippen molar-refractivity contribution in [3.63, 3.8) is 0 Å². The average molecular weight is 355 g/mol. The summed E-state index contributed by atoms with van der Waals surface area (Å²) in [7, 11) is 0. The Morgan fingerprint density at radius 1 is 1.12 bits per heavy atom. The maximum atomic E-state index is 12.9. The predicted molar refractivity (Wildman–Crippen MR) is 101 cm³/mol. The second-order valence-electron chi connectivity index (χ2n) is 7.02. The molecule has 3 aliphatic rings. The van der Waals surface area contributed by atoms with Crippen LogP contribution >= 0.6 is 0 Å². The molecule has 2 N–H and O–H groups in total. The Kier molecular flexibility index (Phi) is 4.88. The third-order valence-corrected chi connectivity index (χ3v) is 5.15. The summed E-state index contributed by atoms with van der Waals surface area (Å²) in [6, 6.07) is 9.63. The molecule has 4 rings (SSSR count). The molecule has 0 radical (unpaired) electrons. The number of nitrogens with zero attached hydrogens (tertiary/aromatic N) is 3. The zero-order valence-electron chi connectivity index (χ0n) is 14.9. The Labute approximate surface area is 153 Å². The molecule has 1 saturated carbocycles. The van der Waals surface area contributed by atoms with Gasteiger partial charge in [0, 0.05) is 13.1 Å². The van der Waals surface area contributed by atoms with Crippen molar-refractivity contribution in [3.05, 3.63) is 30.3 Å². The van der Waals surface area contributed by atoms with Gasteiger partial charge in [-0.1, -0.05) is 24.6 Å². The van der Waals surface area contributed by atoms with E-state index in [1.165, 1.54) is 6.42 Å². The van der Waals surface area contributed by atoms with Gasteiger partial charge in [0.25, 0.3) is 5.91 Å². The monoisotopic (exact) mass is 355 g/mol. The average Bonchev–Trinajstić information content (AvgIpc) is 2.69. The molecule has 0 aromatic heterocycles. The van der Waals surface area contributed by atoms with E-state index in [9.17, 15) is 4.79 Å². The zero-order chi connectivity index (χ0) is 17.8. The van der Waals surface area contributed by atoms with Crippen molar-refractivity contribution >= 4 is 23.1 Å². The van der Waals surface area contributed by atoms with E-state index in [1.807, 2.05) is 30.3 Å². The quantitative estimate of drug-likeness (QED) is 0.795. The van der Waals surface area contributed by atoms with Crippen LogP contribution in [0.5, 0.6) is 0 Å². The van der Waals surface area contributed by atoms with Gasteiger partial charge in [0.1, 0.15) is 5.66 Å². The molecule has 1 saturated heterocycles. The summed E-state index contributed by atoms with van der Waals surface area (Å²) in [6.45, 7) is 2.75. The molecule has 1 aromatic carbocycles. The van der Waals surface area contributed by atoms with Crippen LogP contribution in [-0.2, 0) is 9.53 Å². The van der Waals surface area contributed by atoms with Crippen LogP contribution in [0, 0.1) is 0 Å². The lowest BCUT2D eigenvalue weighted by Gasteiger charge is -2.41. The first-order chi connectivity index (χ1) is 12.8. The number of morpholine rings is 1. The molecule has 2 aliphatic heterocycles. The number of hydrogen-bond donors (Lipinski definition) is 2. The van der Waals surface area contributed by atoms with Crippen molar-refractivity contribution < 1.29 is 9.53 Å². The highest BCUT2D eigenvalue weighted by molar-refractivity contribution is 6.67. The fourth-order valence-electron chi connectivity index (χ4n) is 3.76. The fourth-order valence-corrected chi connectivity index (χ4v) is 3.76. The first kappa shape index (κ1) is 17.0. The summed E-state index contributed by atoms with van der Waals surface area (Å²) in [5, 5.41) is 7.54. The summed E-state index contributed by atoms with van der Waals surface area (Å²) < 4.78 is 5.47. The van der Waals surface area contributed by atoms with E-state index in [-0.39, 0.29) is 5.91 Å². The van der Waals surface area contributed by atoms with Crippen molar-refractivity contribution in [2.45, 2.75) is 37.8 Å². The second kappa shape index (κ2) is 7.45. The minimum Gasteiger partial charge on any atom is -0.378 e. The Hall–Kier alpha value is -2.41. The lowest BCUT2D eigenvalue weighted by molar-refractivity contribution is -0.117. The van der Waals surface area contributed by atoms with Gasteiger partial charge in [0.2, 0.25) is 0 Å². The van der Waals surface area contributed by atoms with E-state index >= 15 is 0 Å². The first-order valence-electron chi connectivity index (χ1n) is 9.40. The van der Waals surface area contributed by atoms with Gasteiger partial charge >= 0.3 is 0 Å². The number of amidine groups is 1. The number of anilines is 1. The van der Waals surface area contributed by atoms with Gasteiger partial charge < -0.3 is 15.0 Å². The molecule has 2 fully saturated rings. The number of hydrazone groups is 1. The van der Waals surface area contributed by atoms with E-state index in [1.54, 1.807) is 0 Å². The third-order valence-electron chi connectivity index (χ3n) is 5.15. The number of ether oxygens (including phenoxy) is 1. The number of para-hydroxylation sites is 1. The molecule has 1 spiro atoms. The number of benzene rings is 1. The van der Waals surface area contributed by atoms with Crippen molar-refractivity contribution in [1.82, 2.24) is 10.2 Å². The van der Waals surface area contributed by atoms with Crippen LogP contribution in [0.4, 0.5) is 5.69 Å². The van der Waals surface area contributed by atoms with Crippen molar-refractivity contribution in [3.8, 4) is 0 Å². The van der Waals surface area contributed by atoms with Crippen LogP contribution in [0.25, 0.3) is 0 Å². The minimum atomic E-state index is -0.464. The number of hydrogen-bond acceptors (Lipinski definition) is 6. The Morgan fingerprint density at radius 2 is 1.85 bits per heavy atom. The molecule has 138 valence electrons. The van der Waals surface area contributed by atoms with Crippen LogP contribution in [-0.4, -0.2) is 54.3 Å². The maximum absolute atomic E-state index is 12.9. The predicted octanol–water partition coefficient (Wildman–Crippen LogP) is 1.98. The van der Waals surface area contributed by atoms with E-state index in [2.05, 4.69) is 20.7 Å². The van der Waals surface area contributed by atoms with Gasteiger partial charge in [-0.15, -0.1) is 0 Å². The summed E-state index contributed by atoms with van der Waals surface area (Å²) in [6.07, 6.45) is 5.18. The highest BCUT2D eigenvalue weighted by Gasteiger charge is 2.41. The molecule has 0 atom stereocenters. The maximum Gasteiger partial charge on any atom is 0.277 e. The summed E-state index contributed by atoms with van der Waals surface area (Å²) in [4.78, 5) is 20.1. The molecule has 0 unspecified atom stereocenters. The summed E-state index contributed by atoms with van der Waals surface area (Å²) in [5.41, 5.74) is 3.72. The molecule has 26 heavy (non-hydrogen) atoms. The van der Waals surface area contributed by atoms with E-state index in [0.717, 1.165) is 44.5 Å². The van der Waals surface area contributed by atoms with Crippen LogP contribution in [0.3, 0.4) is 0 Å². The number of aliphatic imine (C=N–C) groups is 1.